The van der Waals surface area contributed by atoms with Crippen molar-refractivity contribution in [2.45, 2.75) is 38.1 Å². The van der Waals surface area contributed by atoms with Gasteiger partial charge in [-0.2, -0.15) is 0 Å². The Kier molecular flexibility index (Phi) is 6.78. The van der Waals surface area contributed by atoms with Crippen LogP contribution in [0.5, 0.6) is 5.75 Å². The molecule has 0 bridgehead atoms. The van der Waals surface area contributed by atoms with Gasteiger partial charge in [0.1, 0.15) is 23.8 Å². The summed E-state index contributed by atoms with van der Waals surface area (Å²) in [5, 5.41) is 3.40. The average molecular weight is 509 g/mol. The van der Waals surface area contributed by atoms with Crippen molar-refractivity contribution in [2.75, 3.05) is 18.8 Å². The second-order valence-electron chi connectivity index (χ2n) is 9.18. The number of likely N-dealkylation sites (tertiary alicyclic amines) is 1. The summed E-state index contributed by atoms with van der Waals surface area (Å²) in [6.45, 7) is 0.708. The molecule has 2 aliphatic rings. The molecule has 1 atom stereocenters. The van der Waals surface area contributed by atoms with Gasteiger partial charge in [0.2, 0.25) is 5.91 Å². The second kappa shape index (κ2) is 10.1. The lowest BCUT2D eigenvalue weighted by molar-refractivity contribution is -0.121. The minimum atomic E-state index is -0.922. The van der Waals surface area contributed by atoms with Crippen LogP contribution in [0.15, 0.2) is 54.7 Å². The van der Waals surface area contributed by atoms with Crippen LogP contribution in [0.3, 0.4) is 0 Å². The molecule has 1 saturated heterocycles. The Morgan fingerprint density at radius 3 is 2.61 bits per heavy atom. The molecule has 3 N–H and O–H groups in total. The fourth-order valence-corrected chi connectivity index (χ4v) is 4.70. The maximum atomic E-state index is 13.1. The van der Waals surface area contributed by atoms with Crippen LogP contribution in [0.4, 0.5) is 10.2 Å². The van der Waals surface area contributed by atoms with Crippen LogP contribution in [0.1, 0.15) is 34.3 Å². The fourth-order valence-electron chi connectivity index (χ4n) is 4.42. The highest BCUT2D eigenvalue weighted by Crippen LogP contribution is 2.40. The Labute approximate surface area is 213 Å². The predicted molar refractivity (Wildman–Crippen MR) is 136 cm³/mol. The van der Waals surface area contributed by atoms with E-state index in [0.717, 1.165) is 22.3 Å². The first kappa shape index (κ1) is 24.1. The van der Waals surface area contributed by atoms with E-state index in [0.29, 0.717) is 48.0 Å². The monoisotopic (exact) mass is 508 g/mol. The van der Waals surface area contributed by atoms with Gasteiger partial charge in [-0.05, 0) is 59.0 Å². The lowest BCUT2D eigenvalue weighted by atomic mass is 9.98. The number of halogens is 2. The first-order valence-electron chi connectivity index (χ1n) is 11.9. The molecule has 186 valence electrons. The number of aromatic nitrogens is 1. The third kappa shape index (κ3) is 5.28. The van der Waals surface area contributed by atoms with E-state index in [1.807, 2.05) is 30.3 Å². The summed E-state index contributed by atoms with van der Waals surface area (Å²) in [7, 11) is 0. The summed E-state index contributed by atoms with van der Waals surface area (Å²) in [5.41, 5.74) is 9.83. The molecule has 3 aromatic rings. The Balaban J connectivity index is 1.16. The van der Waals surface area contributed by atoms with E-state index in [1.165, 1.54) is 4.90 Å². The van der Waals surface area contributed by atoms with Gasteiger partial charge >= 0.3 is 0 Å². The van der Waals surface area contributed by atoms with Crippen LogP contribution in [-0.4, -0.2) is 47.1 Å². The summed E-state index contributed by atoms with van der Waals surface area (Å²) in [4.78, 5) is 30.2. The molecule has 2 aromatic carbocycles. The van der Waals surface area contributed by atoms with E-state index in [4.69, 9.17) is 22.1 Å². The maximum Gasteiger partial charge on any atom is 0.254 e. The lowest BCUT2D eigenvalue weighted by Crippen LogP contribution is -2.51. The summed E-state index contributed by atoms with van der Waals surface area (Å²) in [6.07, 6.45) is 2.15. The first-order chi connectivity index (χ1) is 17.4. The normalized spacial score (nSPS) is 16.7. The van der Waals surface area contributed by atoms with Crippen molar-refractivity contribution in [1.29, 1.82) is 0 Å². The SMILES string of the molecule is Nc1ccc(CNC(=O)CCC2Cc3cc(-c4ccc(C(=O)N5CC(F)C5)cc4)cc(Cl)c3O2)cn1. The maximum absolute atomic E-state index is 13.1. The van der Waals surface area contributed by atoms with Gasteiger partial charge in [0, 0.05) is 31.1 Å². The number of hydrogen-bond acceptors (Lipinski definition) is 5. The first-order valence-corrected chi connectivity index (χ1v) is 12.2. The number of nitrogens with two attached hydrogens (primary N) is 1. The topological polar surface area (TPSA) is 97.5 Å². The fraction of sp³-hybridized carbons (Fsp3) is 0.296. The number of pyridine rings is 1. The average Bonchev–Trinajstić information content (AvgIpc) is 3.29. The zero-order chi connectivity index (χ0) is 25.2. The molecule has 0 aliphatic carbocycles. The molecule has 2 amide bonds. The van der Waals surface area contributed by atoms with E-state index >= 15 is 0 Å². The van der Waals surface area contributed by atoms with Crippen LogP contribution < -0.4 is 15.8 Å². The number of nitrogen functional groups attached to an aromatic ring is 1. The number of nitrogens with one attached hydrogen (secondary N) is 1. The molecule has 9 heteroatoms. The predicted octanol–water partition coefficient (Wildman–Crippen LogP) is 4.18. The van der Waals surface area contributed by atoms with Crippen LogP contribution in [0.2, 0.25) is 5.02 Å². The Morgan fingerprint density at radius 2 is 1.92 bits per heavy atom. The summed E-state index contributed by atoms with van der Waals surface area (Å²) in [6, 6.07) is 14.7. The van der Waals surface area contributed by atoms with E-state index in [2.05, 4.69) is 10.3 Å². The summed E-state index contributed by atoms with van der Waals surface area (Å²) < 4.78 is 19.1. The van der Waals surface area contributed by atoms with Gasteiger partial charge in [-0.25, -0.2) is 9.37 Å². The molecular formula is C27H26ClFN4O3. The van der Waals surface area contributed by atoms with Gasteiger partial charge in [0.15, 0.2) is 0 Å². The highest BCUT2D eigenvalue weighted by atomic mass is 35.5. The van der Waals surface area contributed by atoms with Crippen molar-refractivity contribution in [3.05, 3.63) is 76.4 Å². The molecular weight excluding hydrogens is 483 g/mol. The van der Waals surface area contributed by atoms with Crippen LogP contribution in [0, 0.1) is 0 Å². The quantitative estimate of drug-likeness (QED) is 0.499. The van der Waals surface area contributed by atoms with Gasteiger partial charge in [-0.15, -0.1) is 0 Å². The van der Waals surface area contributed by atoms with Crippen molar-refractivity contribution in [1.82, 2.24) is 15.2 Å². The second-order valence-corrected chi connectivity index (χ2v) is 9.59. The van der Waals surface area contributed by atoms with Crippen LogP contribution >= 0.6 is 11.6 Å². The molecule has 0 spiro atoms. The van der Waals surface area contributed by atoms with Gasteiger partial charge in [-0.1, -0.05) is 29.8 Å². The molecule has 7 nitrogen and oxygen atoms in total. The number of hydrogen-bond donors (Lipinski definition) is 2. The number of amides is 2. The van der Waals surface area contributed by atoms with Gasteiger partial charge in [0.25, 0.3) is 5.91 Å². The highest BCUT2D eigenvalue weighted by molar-refractivity contribution is 6.32. The number of rotatable bonds is 7. The van der Waals surface area contributed by atoms with Crippen LogP contribution in [-0.2, 0) is 17.8 Å². The molecule has 0 saturated carbocycles. The van der Waals surface area contributed by atoms with Gasteiger partial charge in [-0.3, -0.25) is 9.59 Å². The molecule has 1 fully saturated rings. The highest BCUT2D eigenvalue weighted by Gasteiger charge is 2.31. The minimum absolute atomic E-state index is 0.0620. The van der Waals surface area contributed by atoms with Gasteiger partial charge in [0.05, 0.1) is 18.1 Å². The van der Waals surface area contributed by atoms with E-state index in [1.54, 1.807) is 24.4 Å². The van der Waals surface area contributed by atoms with E-state index < -0.39 is 6.17 Å². The van der Waals surface area contributed by atoms with Crippen LogP contribution in [0.25, 0.3) is 11.1 Å². The number of alkyl halides is 1. The number of nitrogens with zero attached hydrogens (tertiary/aromatic N) is 2. The lowest BCUT2D eigenvalue weighted by Gasteiger charge is -2.34. The third-order valence-corrected chi connectivity index (χ3v) is 6.75. The number of carbonyl (C=O) groups excluding carboxylic acids is 2. The zero-order valence-electron chi connectivity index (χ0n) is 19.5. The molecule has 0 radical (unpaired) electrons. The van der Waals surface area contributed by atoms with Crippen molar-refractivity contribution < 1.29 is 18.7 Å². The zero-order valence-corrected chi connectivity index (χ0v) is 20.3. The minimum Gasteiger partial charge on any atom is -0.488 e. The van der Waals surface area contributed by atoms with E-state index in [-0.39, 0.29) is 31.0 Å². The number of benzene rings is 2. The summed E-state index contributed by atoms with van der Waals surface area (Å²) in [5.74, 6) is 0.876. The molecule has 36 heavy (non-hydrogen) atoms. The number of fused-ring (bicyclic) bond motifs is 1. The van der Waals surface area contributed by atoms with E-state index in [9.17, 15) is 14.0 Å². The van der Waals surface area contributed by atoms with Crippen molar-refractivity contribution >= 4 is 29.2 Å². The third-order valence-electron chi connectivity index (χ3n) is 6.47. The molecule has 5 rings (SSSR count). The Morgan fingerprint density at radius 1 is 1.14 bits per heavy atom. The largest absolute Gasteiger partial charge is 0.488 e. The van der Waals surface area contributed by atoms with Crippen molar-refractivity contribution in [3.8, 4) is 16.9 Å². The number of anilines is 1. The molecule has 2 aliphatic heterocycles. The molecule has 1 aromatic heterocycles. The Hall–Kier alpha value is -3.65. The number of ether oxygens (including phenoxy) is 1. The molecule has 1 unspecified atom stereocenters. The van der Waals surface area contributed by atoms with Crippen molar-refractivity contribution in [2.24, 2.45) is 0 Å². The Bertz CT molecular complexity index is 1280. The number of carbonyl (C=O) groups is 2. The van der Waals surface area contributed by atoms with Gasteiger partial charge < -0.3 is 20.7 Å². The van der Waals surface area contributed by atoms with Crippen molar-refractivity contribution in [3.63, 3.8) is 0 Å². The summed E-state index contributed by atoms with van der Waals surface area (Å²) >= 11 is 6.53. The standard InChI is InChI=1S/C27H26ClFN4O3/c28-23-11-19(17-2-4-18(5-3-17)27(35)33-14-21(29)15-33)9-20-10-22(36-26(20)23)6-8-25(34)32-13-16-1-7-24(30)31-12-16/h1-5,7,9,11-12,21-22H,6,8,10,13-15H2,(H2,30,31)(H,32,34). The molecule has 3 heterocycles. The smallest absolute Gasteiger partial charge is 0.254 e.